The van der Waals surface area contributed by atoms with Crippen molar-refractivity contribution in [3.8, 4) is 11.5 Å². The van der Waals surface area contributed by atoms with E-state index in [0.29, 0.717) is 27.2 Å². The summed E-state index contributed by atoms with van der Waals surface area (Å²) in [6.45, 7) is 2.60. The largest absolute Gasteiger partial charge is 0.495 e. The average Bonchev–Trinajstić information content (AvgIpc) is 2.61. The third-order valence-corrected chi connectivity index (χ3v) is 3.94. The molecule has 2 aromatic carbocycles. The molecule has 1 amide bonds. The Morgan fingerprint density at radius 2 is 1.67 bits per heavy atom. The Hall–Kier alpha value is -2.44. The summed E-state index contributed by atoms with van der Waals surface area (Å²) in [6, 6.07) is 11.3. The molecular weight excluding hydrogens is 393 g/mol. The van der Waals surface area contributed by atoms with E-state index in [4.69, 9.17) is 37.4 Å². The SMILES string of the molecule is COc1ccc(Cl)cc1NC(=O)COC(=O)C(C)(C)Oc1ccc(Cl)cc1. The molecule has 2 aromatic rings. The maximum Gasteiger partial charge on any atom is 0.350 e. The molecule has 0 atom stereocenters. The highest BCUT2D eigenvalue weighted by atomic mass is 35.5. The molecule has 27 heavy (non-hydrogen) atoms. The van der Waals surface area contributed by atoms with Crippen LogP contribution in [-0.4, -0.2) is 31.2 Å². The normalized spacial score (nSPS) is 10.9. The Morgan fingerprint density at radius 3 is 2.30 bits per heavy atom. The van der Waals surface area contributed by atoms with Crippen molar-refractivity contribution in [2.75, 3.05) is 19.0 Å². The van der Waals surface area contributed by atoms with Crippen LogP contribution in [0.3, 0.4) is 0 Å². The molecule has 0 unspecified atom stereocenters. The zero-order chi connectivity index (χ0) is 20.0. The van der Waals surface area contributed by atoms with Crippen LogP contribution in [0.4, 0.5) is 5.69 Å². The molecular formula is C19H19Cl2NO5. The van der Waals surface area contributed by atoms with Crippen molar-refractivity contribution in [3.05, 3.63) is 52.5 Å². The molecule has 6 nitrogen and oxygen atoms in total. The van der Waals surface area contributed by atoms with Crippen molar-refractivity contribution in [3.63, 3.8) is 0 Å². The van der Waals surface area contributed by atoms with Crippen LogP contribution in [0.25, 0.3) is 0 Å². The summed E-state index contributed by atoms with van der Waals surface area (Å²) in [6.07, 6.45) is 0. The summed E-state index contributed by atoms with van der Waals surface area (Å²) in [5, 5.41) is 3.57. The zero-order valence-electron chi connectivity index (χ0n) is 15.0. The van der Waals surface area contributed by atoms with Crippen LogP contribution < -0.4 is 14.8 Å². The summed E-state index contributed by atoms with van der Waals surface area (Å²) in [4.78, 5) is 24.3. The quantitative estimate of drug-likeness (QED) is 0.685. The van der Waals surface area contributed by atoms with Crippen LogP contribution >= 0.6 is 23.2 Å². The van der Waals surface area contributed by atoms with Gasteiger partial charge in [-0.2, -0.15) is 0 Å². The van der Waals surface area contributed by atoms with Crippen molar-refractivity contribution in [1.82, 2.24) is 0 Å². The minimum Gasteiger partial charge on any atom is -0.495 e. The van der Waals surface area contributed by atoms with E-state index in [1.807, 2.05) is 0 Å². The van der Waals surface area contributed by atoms with Crippen molar-refractivity contribution in [2.24, 2.45) is 0 Å². The summed E-state index contributed by atoms with van der Waals surface area (Å²) in [5.74, 6) is -0.336. The third-order valence-electron chi connectivity index (χ3n) is 3.45. The van der Waals surface area contributed by atoms with Gasteiger partial charge >= 0.3 is 5.97 Å². The van der Waals surface area contributed by atoms with Crippen LogP contribution in [0, 0.1) is 0 Å². The molecule has 0 radical (unpaired) electrons. The fourth-order valence-corrected chi connectivity index (χ4v) is 2.41. The molecule has 0 aliphatic rings. The van der Waals surface area contributed by atoms with Crippen LogP contribution in [-0.2, 0) is 14.3 Å². The number of carbonyl (C=O) groups excluding carboxylic acids is 2. The molecule has 8 heteroatoms. The number of halogens is 2. The van der Waals surface area contributed by atoms with Gasteiger partial charge in [0.05, 0.1) is 12.8 Å². The van der Waals surface area contributed by atoms with Gasteiger partial charge in [0.1, 0.15) is 11.5 Å². The molecule has 1 N–H and O–H groups in total. The van der Waals surface area contributed by atoms with Gasteiger partial charge in [0.15, 0.2) is 12.2 Å². The first-order valence-corrected chi connectivity index (χ1v) is 8.72. The lowest BCUT2D eigenvalue weighted by Gasteiger charge is -2.24. The minimum atomic E-state index is -1.29. The molecule has 0 aliphatic carbocycles. The number of amides is 1. The van der Waals surface area contributed by atoms with E-state index in [9.17, 15) is 9.59 Å². The lowest BCUT2D eigenvalue weighted by atomic mass is 10.1. The van der Waals surface area contributed by atoms with E-state index < -0.39 is 24.1 Å². The van der Waals surface area contributed by atoms with Gasteiger partial charge in [-0.25, -0.2) is 4.79 Å². The molecule has 0 spiro atoms. The molecule has 0 saturated carbocycles. The third kappa shape index (κ3) is 6.05. The van der Waals surface area contributed by atoms with Crippen LogP contribution in [0.5, 0.6) is 11.5 Å². The summed E-state index contributed by atoms with van der Waals surface area (Å²) < 4.78 is 15.8. The van der Waals surface area contributed by atoms with Gasteiger partial charge in [-0.15, -0.1) is 0 Å². The maximum absolute atomic E-state index is 12.3. The van der Waals surface area contributed by atoms with E-state index in [-0.39, 0.29) is 0 Å². The first-order chi connectivity index (χ1) is 12.7. The van der Waals surface area contributed by atoms with Crippen LogP contribution in [0.2, 0.25) is 10.0 Å². The number of carbonyl (C=O) groups is 2. The van der Waals surface area contributed by atoms with E-state index in [1.54, 1.807) is 50.2 Å². The van der Waals surface area contributed by atoms with Gasteiger partial charge in [-0.3, -0.25) is 4.79 Å². The number of benzene rings is 2. The summed E-state index contributed by atoms with van der Waals surface area (Å²) in [7, 11) is 1.47. The molecule has 0 bridgehead atoms. The minimum absolute atomic E-state index is 0.378. The van der Waals surface area contributed by atoms with Gasteiger partial charge in [0.25, 0.3) is 5.91 Å². The maximum atomic E-state index is 12.3. The van der Waals surface area contributed by atoms with E-state index >= 15 is 0 Å². The van der Waals surface area contributed by atoms with Gasteiger partial charge in [0, 0.05) is 10.0 Å². The smallest absolute Gasteiger partial charge is 0.350 e. The lowest BCUT2D eigenvalue weighted by molar-refractivity contribution is -0.161. The Morgan fingerprint density at radius 1 is 1.04 bits per heavy atom. The number of rotatable bonds is 7. The first kappa shape index (κ1) is 20.9. The fourth-order valence-electron chi connectivity index (χ4n) is 2.11. The fraction of sp³-hybridized carbons (Fsp3) is 0.263. The number of hydrogen-bond acceptors (Lipinski definition) is 5. The highest BCUT2D eigenvalue weighted by Gasteiger charge is 2.32. The highest BCUT2D eigenvalue weighted by Crippen LogP contribution is 2.27. The van der Waals surface area contributed by atoms with Crippen LogP contribution in [0.15, 0.2) is 42.5 Å². The predicted molar refractivity (Wildman–Crippen MR) is 104 cm³/mol. The Balaban J connectivity index is 1.92. The molecule has 144 valence electrons. The first-order valence-electron chi connectivity index (χ1n) is 7.96. The Labute approximate surface area is 167 Å². The zero-order valence-corrected chi connectivity index (χ0v) is 16.6. The standard InChI is InChI=1S/C19H19Cl2NO5/c1-19(2,27-14-7-4-12(20)5-8-14)18(24)26-11-17(23)22-15-10-13(21)6-9-16(15)25-3/h4-10H,11H2,1-3H3,(H,22,23). The van der Waals surface area contributed by atoms with Crippen molar-refractivity contribution < 1.29 is 23.8 Å². The van der Waals surface area contributed by atoms with E-state index in [2.05, 4.69) is 5.32 Å². The number of ether oxygens (including phenoxy) is 3. The molecule has 0 fully saturated rings. The van der Waals surface area contributed by atoms with Crippen LogP contribution in [0.1, 0.15) is 13.8 Å². The van der Waals surface area contributed by atoms with E-state index in [1.165, 1.54) is 13.2 Å². The number of hydrogen-bond donors (Lipinski definition) is 1. The molecule has 0 aliphatic heterocycles. The van der Waals surface area contributed by atoms with Crippen molar-refractivity contribution in [1.29, 1.82) is 0 Å². The number of nitrogens with one attached hydrogen (secondary N) is 1. The molecule has 0 saturated heterocycles. The topological polar surface area (TPSA) is 73.9 Å². The van der Waals surface area contributed by atoms with Gasteiger partial charge < -0.3 is 19.5 Å². The van der Waals surface area contributed by atoms with Gasteiger partial charge in [-0.1, -0.05) is 23.2 Å². The average molecular weight is 412 g/mol. The second-order valence-corrected chi connectivity index (χ2v) is 6.91. The second kappa shape index (κ2) is 8.97. The Kier molecular flexibility index (Phi) is 6.93. The molecule has 0 heterocycles. The van der Waals surface area contributed by atoms with E-state index in [0.717, 1.165) is 0 Å². The summed E-state index contributed by atoms with van der Waals surface area (Å²) in [5.41, 5.74) is -0.912. The van der Waals surface area contributed by atoms with Crippen molar-refractivity contribution in [2.45, 2.75) is 19.4 Å². The van der Waals surface area contributed by atoms with Gasteiger partial charge in [-0.05, 0) is 56.3 Å². The summed E-state index contributed by atoms with van der Waals surface area (Å²) >= 11 is 11.7. The van der Waals surface area contributed by atoms with Crippen molar-refractivity contribution >= 4 is 40.8 Å². The second-order valence-electron chi connectivity index (χ2n) is 6.04. The molecule has 0 aromatic heterocycles. The molecule has 2 rings (SSSR count). The number of anilines is 1. The number of methoxy groups -OCH3 is 1. The lowest BCUT2D eigenvalue weighted by Crippen LogP contribution is -2.41. The Bertz CT molecular complexity index is 821. The van der Waals surface area contributed by atoms with Gasteiger partial charge in [0.2, 0.25) is 0 Å². The highest BCUT2D eigenvalue weighted by molar-refractivity contribution is 6.31. The monoisotopic (exact) mass is 411 g/mol. The number of esters is 1. The predicted octanol–water partition coefficient (Wildman–Crippen LogP) is 4.34.